The second kappa shape index (κ2) is 8.98. The van der Waals surface area contributed by atoms with Crippen LogP contribution >= 0.6 is 0 Å². The van der Waals surface area contributed by atoms with Gasteiger partial charge < -0.3 is 15.2 Å². The Morgan fingerprint density at radius 2 is 1.92 bits per heavy atom. The molecule has 2 N–H and O–H groups in total. The van der Waals surface area contributed by atoms with E-state index in [2.05, 4.69) is 10.3 Å². The van der Waals surface area contributed by atoms with Gasteiger partial charge in [-0.1, -0.05) is 18.2 Å². The molecular formula is C18H23N3O4. The van der Waals surface area contributed by atoms with Crippen molar-refractivity contribution in [3.05, 3.63) is 51.7 Å². The fourth-order valence-corrected chi connectivity index (χ4v) is 2.44. The second-order valence-electron chi connectivity index (χ2n) is 5.73. The topological polar surface area (TPSA) is 97.5 Å². The molecule has 1 aromatic carbocycles. The molecule has 0 fully saturated rings. The predicted octanol–water partition coefficient (Wildman–Crippen LogP) is 3.97. The summed E-state index contributed by atoms with van der Waals surface area (Å²) in [5, 5.41) is 23.6. The van der Waals surface area contributed by atoms with Crippen molar-refractivity contribution in [2.45, 2.75) is 33.1 Å². The number of nitrogens with one attached hydrogen (secondary N) is 1. The monoisotopic (exact) mass is 345 g/mol. The Hall–Kier alpha value is -2.67. The zero-order valence-electron chi connectivity index (χ0n) is 14.5. The molecule has 7 heteroatoms. The molecule has 0 aliphatic carbocycles. The van der Waals surface area contributed by atoms with Crippen LogP contribution in [0.25, 0.3) is 0 Å². The van der Waals surface area contributed by atoms with Gasteiger partial charge in [0.15, 0.2) is 0 Å². The van der Waals surface area contributed by atoms with Gasteiger partial charge in [0, 0.05) is 24.4 Å². The van der Waals surface area contributed by atoms with Crippen molar-refractivity contribution < 1.29 is 14.8 Å². The number of aryl methyl sites for hydroxylation is 1. The molecular weight excluding hydrogens is 322 g/mol. The lowest BCUT2D eigenvalue weighted by molar-refractivity contribution is -0.385. The second-order valence-corrected chi connectivity index (χ2v) is 5.73. The van der Waals surface area contributed by atoms with E-state index in [-0.39, 0.29) is 18.2 Å². The molecule has 1 aromatic heterocycles. The lowest BCUT2D eigenvalue weighted by Crippen LogP contribution is -2.09. The van der Waals surface area contributed by atoms with Crippen LogP contribution < -0.4 is 10.1 Å². The molecule has 2 aromatic rings. The van der Waals surface area contributed by atoms with E-state index in [1.807, 2.05) is 6.07 Å². The number of aliphatic hydroxyl groups excluding tert-OH is 1. The number of benzene rings is 1. The maximum absolute atomic E-state index is 11.6. The average molecular weight is 345 g/mol. The molecule has 0 bridgehead atoms. The predicted molar refractivity (Wildman–Crippen MR) is 96.3 cm³/mol. The zero-order valence-corrected chi connectivity index (χ0v) is 14.5. The molecule has 0 amide bonds. The van der Waals surface area contributed by atoms with Crippen LogP contribution in [0.2, 0.25) is 0 Å². The average Bonchev–Trinajstić information content (AvgIpc) is 2.59. The summed E-state index contributed by atoms with van der Waals surface area (Å²) in [6.45, 7) is 4.34. The van der Waals surface area contributed by atoms with Gasteiger partial charge in [-0.05, 0) is 45.2 Å². The molecule has 0 unspecified atom stereocenters. The first-order valence-electron chi connectivity index (χ1n) is 8.27. The molecule has 1 heterocycles. The van der Waals surface area contributed by atoms with Crippen molar-refractivity contribution in [3.63, 3.8) is 0 Å². The van der Waals surface area contributed by atoms with Gasteiger partial charge in [0.1, 0.15) is 11.4 Å². The number of aliphatic hydroxyl groups is 1. The van der Waals surface area contributed by atoms with Crippen LogP contribution in [0, 0.1) is 24.0 Å². The molecule has 0 saturated heterocycles. The molecule has 0 saturated carbocycles. The number of hydrogen-bond donors (Lipinski definition) is 2. The van der Waals surface area contributed by atoms with Gasteiger partial charge in [0.05, 0.1) is 4.92 Å². The largest absolute Gasteiger partial charge is 0.434 e. The highest BCUT2D eigenvalue weighted by molar-refractivity contribution is 5.71. The van der Waals surface area contributed by atoms with E-state index in [4.69, 9.17) is 9.84 Å². The van der Waals surface area contributed by atoms with E-state index >= 15 is 0 Å². The smallest absolute Gasteiger partial charge is 0.354 e. The van der Waals surface area contributed by atoms with Crippen molar-refractivity contribution in [1.29, 1.82) is 0 Å². The van der Waals surface area contributed by atoms with Crippen LogP contribution in [0.1, 0.15) is 30.5 Å². The summed E-state index contributed by atoms with van der Waals surface area (Å²) in [5.74, 6) is 0.479. The van der Waals surface area contributed by atoms with Gasteiger partial charge in [0.25, 0.3) is 0 Å². The Balaban J connectivity index is 2.31. The molecule has 0 spiro atoms. The van der Waals surface area contributed by atoms with Crippen LogP contribution in [0.4, 0.5) is 11.4 Å². The quantitative estimate of drug-likeness (QED) is 0.405. The van der Waals surface area contributed by atoms with Gasteiger partial charge in [-0.2, -0.15) is 0 Å². The van der Waals surface area contributed by atoms with Gasteiger partial charge in [-0.3, -0.25) is 10.1 Å². The fraction of sp³-hybridized carbons (Fsp3) is 0.389. The third-order valence-electron chi connectivity index (χ3n) is 3.90. The lowest BCUT2D eigenvalue weighted by atomic mass is 10.1. The van der Waals surface area contributed by atoms with E-state index < -0.39 is 4.92 Å². The van der Waals surface area contributed by atoms with Crippen LogP contribution in [0.5, 0.6) is 11.6 Å². The van der Waals surface area contributed by atoms with E-state index in [1.54, 1.807) is 38.1 Å². The first-order valence-corrected chi connectivity index (χ1v) is 8.27. The number of para-hydroxylation sites is 1. The standard InChI is InChI=1S/C18H23N3O4/c1-13-14(2)20-18(25-15-9-5-3-6-10-15)17(21(23)24)16(13)19-11-7-4-8-12-22/h3,5-6,9-10,22H,4,7-8,11-12H2,1-2H3,(H,19,20). The Morgan fingerprint density at radius 3 is 2.56 bits per heavy atom. The Morgan fingerprint density at radius 1 is 1.20 bits per heavy atom. The van der Waals surface area contributed by atoms with Gasteiger partial charge in [-0.15, -0.1) is 0 Å². The number of anilines is 1. The minimum absolute atomic E-state index is 0.0165. The van der Waals surface area contributed by atoms with Crippen molar-refractivity contribution >= 4 is 11.4 Å². The maximum Gasteiger partial charge on any atom is 0.354 e. The fourth-order valence-electron chi connectivity index (χ4n) is 2.44. The summed E-state index contributed by atoms with van der Waals surface area (Å²) >= 11 is 0. The molecule has 7 nitrogen and oxygen atoms in total. The van der Waals surface area contributed by atoms with E-state index in [9.17, 15) is 10.1 Å². The Bertz CT molecular complexity index is 720. The molecule has 0 radical (unpaired) electrons. The first-order chi connectivity index (χ1) is 12.0. The van der Waals surface area contributed by atoms with Gasteiger partial charge >= 0.3 is 11.6 Å². The third kappa shape index (κ3) is 4.90. The zero-order chi connectivity index (χ0) is 18.2. The summed E-state index contributed by atoms with van der Waals surface area (Å²) in [6, 6.07) is 8.88. The summed E-state index contributed by atoms with van der Waals surface area (Å²) < 4.78 is 5.67. The molecule has 0 aliphatic rings. The lowest BCUT2D eigenvalue weighted by Gasteiger charge is -2.14. The van der Waals surface area contributed by atoms with Crippen molar-refractivity contribution in [1.82, 2.24) is 4.98 Å². The van der Waals surface area contributed by atoms with Crippen molar-refractivity contribution in [2.24, 2.45) is 0 Å². The number of unbranched alkanes of at least 4 members (excludes halogenated alkanes) is 2. The Kier molecular flexibility index (Phi) is 6.71. The van der Waals surface area contributed by atoms with Crippen LogP contribution in [-0.4, -0.2) is 28.2 Å². The Labute approximate surface area is 146 Å². The van der Waals surface area contributed by atoms with Gasteiger partial charge in [-0.25, -0.2) is 4.98 Å². The van der Waals surface area contributed by atoms with E-state index in [0.29, 0.717) is 23.7 Å². The van der Waals surface area contributed by atoms with Crippen LogP contribution in [-0.2, 0) is 0 Å². The van der Waals surface area contributed by atoms with E-state index in [0.717, 1.165) is 24.8 Å². The minimum Gasteiger partial charge on any atom is -0.434 e. The van der Waals surface area contributed by atoms with Crippen LogP contribution in [0.15, 0.2) is 30.3 Å². The van der Waals surface area contributed by atoms with E-state index in [1.165, 1.54) is 0 Å². The molecule has 0 aliphatic heterocycles. The molecule has 2 rings (SSSR count). The summed E-state index contributed by atoms with van der Waals surface area (Å²) in [5.41, 5.74) is 1.69. The normalized spacial score (nSPS) is 10.5. The highest BCUT2D eigenvalue weighted by Crippen LogP contribution is 2.39. The molecule has 134 valence electrons. The number of rotatable bonds is 9. The highest BCUT2D eigenvalue weighted by Gasteiger charge is 2.27. The summed E-state index contributed by atoms with van der Waals surface area (Å²) in [7, 11) is 0. The first kappa shape index (κ1) is 18.7. The number of pyridine rings is 1. The minimum atomic E-state index is -0.465. The number of nitro groups is 1. The number of hydrogen-bond acceptors (Lipinski definition) is 6. The third-order valence-corrected chi connectivity index (χ3v) is 3.90. The molecule has 25 heavy (non-hydrogen) atoms. The number of aromatic nitrogens is 1. The number of nitrogens with zero attached hydrogens (tertiary/aromatic N) is 2. The summed E-state index contributed by atoms with van der Waals surface area (Å²) in [6.07, 6.45) is 2.39. The molecule has 0 atom stereocenters. The highest BCUT2D eigenvalue weighted by atomic mass is 16.6. The SMILES string of the molecule is Cc1nc(Oc2ccccc2)c([N+](=O)[O-])c(NCCCCCO)c1C. The van der Waals surface area contributed by atoms with Crippen molar-refractivity contribution in [2.75, 3.05) is 18.5 Å². The summed E-state index contributed by atoms with van der Waals surface area (Å²) in [4.78, 5) is 15.5. The van der Waals surface area contributed by atoms with Crippen LogP contribution in [0.3, 0.4) is 0 Å². The number of ether oxygens (including phenoxy) is 1. The maximum atomic E-state index is 11.6. The van der Waals surface area contributed by atoms with Gasteiger partial charge in [0.2, 0.25) is 0 Å². The van der Waals surface area contributed by atoms with Crippen molar-refractivity contribution in [3.8, 4) is 11.6 Å².